The first-order chi connectivity index (χ1) is 9.58. The van der Waals surface area contributed by atoms with Crippen LogP contribution in [0.3, 0.4) is 0 Å². The van der Waals surface area contributed by atoms with Gasteiger partial charge in [-0.2, -0.15) is 0 Å². The van der Waals surface area contributed by atoms with Gasteiger partial charge in [-0.25, -0.2) is 4.98 Å². The summed E-state index contributed by atoms with van der Waals surface area (Å²) < 4.78 is 4.93. The van der Waals surface area contributed by atoms with Gasteiger partial charge in [0.2, 0.25) is 0 Å². The van der Waals surface area contributed by atoms with Crippen LogP contribution in [0.1, 0.15) is 34.3 Å². The standard InChI is InChI=1S/C16H19NO2S/c1-4-19-16(18)9-14-10-20-15(17-14)8-13-6-5-11(2)12(3)7-13/h5-7,10H,4,8-9H2,1-3H3. The van der Waals surface area contributed by atoms with E-state index in [0.29, 0.717) is 6.61 Å². The van der Waals surface area contributed by atoms with Gasteiger partial charge in [-0.05, 0) is 37.5 Å². The molecule has 20 heavy (non-hydrogen) atoms. The third kappa shape index (κ3) is 3.90. The lowest BCUT2D eigenvalue weighted by Crippen LogP contribution is -2.07. The number of esters is 1. The number of aromatic nitrogens is 1. The van der Waals surface area contributed by atoms with E-state index in [1.165, 1.54) is 16.7 Å². The van der Waals surface area contributed by atoms with Crippen LogP contribution in [0.5, 0.6) is 0 Å². The van der Waals surface area contributed by atoms with E-state index in [0.717, 1.165) is 17.1 Å². The molecular weight excluding hydrogens is 270 g/mol. The summed E-state index contributed by atoms with van der Waals surface area (Å²) in [6.45, 7) is 6.45. The third-order valence-corrected chi connectivity index (χ3v) is 4.05. The van der Waals surface area contributed by atoms with Gasteiger partial charge >= 0.3 is 5.97 Å². The van der Waals surface area contributed by atoms with Crippen molar-refractivity contribution in [2.45, 2.75) is 33.6 Å². The quantitative estimate of drug-likeness (QED) is 0.791. The average molecular weight is 289 g/mol. The zero-order valence-corrected chi connectivity index (χ0v) is 12.9. The van der Waals surface area contributed by atoms with Crippen molar-refractivity contribution >= 4 is 17.3 Å². The number of rotatable bonds is 5. The number of hydrogen-bond acceptors (Lipinski definition) is 4. The van der Waals surface area contributed by atoms with E-state index in [2.05, 4.69) is 37.0 Å². The summed E-state index contributed by atoms with van der Waals surface area (Å²) in [4.78, 5) is 15.9. The Morgan fingerprint density at radius 3 is 2.80 bits per heavy atom. The van der Waals surface area contributed by atoms with E-state index in [9.17, 15) is 4.79 Å². The summed E-state index contributed by atoms with van der Waals surface area (Å²) in [6.07, 6.45) is 1.08. The molecule has 0 fully saturated rings. The zero-order chi connectivity index (χ0) is 14.5. The Kier molecular flexibility index (Phi) is 4.90. The topological polar surface area (TPSA) is 39.2 Å². The van der Waals surface area contributed by atoms with Gasteiger partial charge in [-0.15, -0.1) is 11.3 Å². The molecule has 0 atom stereocenters. The van der Waals surface area contributed by atoms with E-state index in [1.54, 1.807) is 11.3 Å². The Bertz CT molecular complexity index is 604. The molecule has 0 spiro atoms. The number of nitrogens with zero attached hydrogens (tertiary/aromatic N) is 1. The van der Waals surface area contributed by atoms with Gasteiger partial charge in [0.25, 0.3) is 0 Å². The second-order valence-electron chi connectivity index (χ2n) is 4.81. The van der Waals surface area contributed by atoms with Crippen molar-refractivity contribution in [1.29, 1.82) is 0 Å². The number of aryl methyl sites for hydroxylation is 2. The summed E-state index contributed by atoms with van der Waals surface area (Å²) >= 11 is 1.60. The van der Waals surface area contributed by atoms with Gasteiger partial charge in [-0.3, -0.25) is 4.79 Å². The molecule has 4 heteroatoms. The maximum absolute atomic E-state index is 11.4. The summed E-state index contributed by atoms with van der Waals surface area (Å²) in [7, 11) is 0. The molecule has 1 aromatic heterocycles. The summed E-state index contributed by atoms with van der Waals surface area (Å²) in [5.74, 6) is -0.212. The molecule has 0 radical (unpaired) electrons. The van der Waals surface area contributed by atoms with Crippen LogP contribution in [0, 0.1) is 13.8 Å². The maximum atomic E-state index is 11.4. The molecule has 106 valence electrons. The fourth-order valence-electron chi connectivity index (χ4n) is 1.96. The number of ether oxygens (including phenoxy) is 1. The van der Waals surface area contributed by atoms with Gasteiger partial charge in [0, 0.05) is 11.8 Å². The molecule has 0 amide bonds. The van der Waals surface area contributed by atoms with Crippen molar-refractivity contribution in [1.82, 2.24) is 4.98 Å². The van der Waals surface area contributed by atoms with Crippen LogP contribution in [0.15, 0.2) is 23.6 Å². The van der Waals surface area contributed by atoms with Gasteiger partial charge in [0.15, 0.2) is 0 Å². The van der Waals surface area contributed by atoms with E-state index in [-0.39, 0.29) is 12.4 Å². The van der Waals surface area contributed by atoms with Crippen molar-refractivity contribution in [3.05, 3.63) is 51.0 Å². The lowest BCUT2D eigenvalue weighted by molar-refractivity contribution is -0.142. The minimum Gasteiger partial charge on any atom is -0.466 e. The highest BCUT2D eigenvalue weighted by Gasteiger charge is 2.09. The average Bonchev–Trinajstić information content (AvgIpc) is 2.81. The van der Waals surface area contributed by atoms with Crippen LogP contribution in [-0.2, 0) is 22.4 Å². The molecule has 1 heterocycles. The Balaban J connectivity index is 2.02. The fraction of sp³-hybridized carbons (Fsp3) is 0.375. The molecular formula is C16H19NO2S. The van der Waals surface area contributed by atoms with Gasteiger partial charge < -0.3 is 4.74 Å². The first-order valence-corrected chi connectivity index (χ1v) is 7.61. The van der Waals surface area contributed by atoms with Crippen LogP contribution < -0.4 is 0 Å². The molecule has 0 aliphatic heterocycles. The second kappa shape index (κ2) is 6.66. The molecule has 0 saturated carbocycles. The van der Waals surface area contributed by atoms with Gasteiger partial charge in [-0.1, -0.05) is 18.2 Å². The SMILES string of the molecule is CCOC(=O)Cc1csc(Cc2ccc(C)c(C)c2)n1. The van der Waals surface area contributed by atoms with Gasteiger partial charge in [0.1, 0.15) is 0 Å². The normalized spacial score (nSPS) is 10.6. The predicted molar refractivity (Wildman–Crippen MR) is 81.2 cm³/mol. The van der Waals surface area contributed by atoms with Crippen molar-refractivity contribution in [3.63, 3.8) is 0 Å². The molecule has 0 aliphatic carbocycles. The fourth-order valence-corrected chi connectivity index (χ4v) is 2.79. The van der Waals surface area contributed by atoms with Crippen molar-refractivity contribution < 1.29 is 9.53 Å². The molecule has 0 unspecified atom stereocenters. The molecule has 2 aromatic rings. The van der Waals surface area contributed by atoms with E-state index >= 15 is 0 Å². The Hall–Kier alpha value is -1.68. The van der Waals surface area contributed by atoms with Crippen LogP contribution in [0.25, 0.3) is 0 Å². The number of carbonyl (C=O) groups is 1. The number of benzene rings is 1. The number of thiazole rings is 1. The van der Waals surface area contributed by atoms with Crippen LogP contribution in [0.2, 0.25) is 0 Å². The maximum Gasteiger partial charge on any atom is 0.311 e. The molecule has 0 bridgehead atoms. The van der Waals surface area contributed by atoms with E-state index in [1.807, 2.05) is 12.3 Å². The molecule has 2 rings (SSSR count). The molecule has 3 nitrogen and oxygen atoms in total. The Morgan fingerprint density at radius 1 is 1.30 bits per heavy atom. The summed E-state index contributed by atoms with van der Waals surface area (Å²) in [5, 5.41) is 2.97. The molecule has 0 N–H and O–H groups in total. The van der Waals surface area contributed by atoms with E-state index in [4.69, 9.17) is 4.74 Å². The molecule has 0 saturated heterocycles. The summed E-state index contributed by atoms with van der Waals surface area (Å²) in [5.41, 5.74) is 4.65. The highest BCUT2D eigenvalue weighted by molar-refractivity contribution is 7.09. The minimum absolute atomic E-state index is 0.212. The van der Waals surface area contributed by atoms with Crippen molar-refractivity contribution in [2.24, 2.45) is 0 Å². The Morgan fingerprint density at radius 2 is 2.10 bits per heavy atom. The zero-order valence-electron chi connectivity index (χ0n) is 12.1. The molecule has 1 aromatic carbocycles. The van der Waals surface area contributed by atoms with Crippen LogP contribution in [0.4, 0.5) is 0 Å². The molecule has 0 aliphatic rings. The lowest BCUT2D eigenvalue weighted by atomic mass is 10.0. The highest BCUT2D eigenvalue weighted by Crippen LogP contribution is 2.17. The Labute approximate surface area is 123 Å². The van der Waals surface area contributed by atoms with Crippen LogP contribution >= 0.6 is 11.3 Å². The van der Waals surface area contributed by atoms with Crippen molar-refractivity contribution in [2.75, 3.05) is 6.61 Å². The first-order valence-electron chi connectivity index (χ1n) is 6.73. The predicted octanol–water partition coefficient (Wildman–Crippen LogP) is 3.46. The van der Waals surface area contributed by atoms with Crippen molar-refractivity contribution in [3.8, 4) is 0 Å². The minimum atomic E-state index is -0.212. The third-order valence-electron chi connectivity index (χ3n) is 3.16. The number of hydrogen-bond donors (Lipinski definition) is 0. The lowest BCUT2D eigenvalue weighted by Gasteiger charge is -2.03. The summed E-state index contributed by atoms with van der Waals surface area (Å²) in [6, 6.07) is 6.47. The van der Waals surface area contributed by atoms with Gasteiger partial charge in [0.05, 0.1) is 23.7 Å². The monoisotopic (exact) mass is 289 g/mol. The largest absolute Gasteiger partial charge is 0.466 e. The van der Waals surface area contributed by atoms with Crippen LogP contribution in [-0.4, -0.2) is 17.6 Å². The highest BCUT2D eigenvalue weighted by atomic mass is 32.1. The second-order valence-corrected chi connectivity index (χ2v) is 5.75. The number of carbonyl (C=O) groups excluding carboxylic acids is 1. The smallest absolute Gasteiger partial charge is 0.311 e. The van der Waals surface area contributed by atoms with E-state index < -0.39 is 0 Å². The first kappa shape index (κ1) is 14.7.